The molecule has 2 nitrogen and oxygen atoms in total. The molecule has 1 unspecified atom stereocenters. The molecule has 1 aliphatic heterocycles. The lowest BCUT2D eigenvalue weighted by Gasteiger charge is -2.21. The van der Waals surface area contributed by atoms with Crippen LogP contribution in [0.15, 0.2) is 34.5 Å². The molecule has 2 rings (SSSR count). The number of benzene rings is 1. The lowest BCUT2D eigenvalue weighted by molar-refractivity contribution is 0.170. The normalized spacial score (nSPS) is 17.6. The van der Waals surface area contributed by atoms with Gasteiger partial charge in [-0.3, -0.25) is 0 Å². The van der Waals surface area contributed by atoms with Crippen molar-refractivity contribution in [3.05, 3.63) is 45.6 Å². The van der Waals surface area contributed by atoms with Crippen molar-refractivity contribution in [3.8, 4) is 0 Å². The zero-order valence-electron chi connectivity index (χ0n) is 9.24. The van der Waals surface area contributed by atoms with Crippen molar-refractivity contribution in [2.24, 2.45) is 0 Å². The highest BCUT2D eigenvalue weighted by Gasteiger charge is 2.18. The Balaban J connectivity index is 2.29. The van der Waals surface area contributed by atoms with E-state index in [4.69, 9.17) is 4.74 Å². The molecule has 0 bridgehead atoms. The number of aliphatic hydroxyl groups is 1. The maximum Gasteiger partial charge on any atom is 0.104 e. The van der Waals surface area contributed by atoms with Crippen LogP contribution in [0.3, 0.4) is 0 Å². The molecule has 0 amide bonds. The molecule has 0 radical (unpaired) electrons. The monoisotopic (exact) mass is 282 g/mol. The number of rotatable bonds is 2. The average molecular weight is 283 g/mol. The highest BCUT2D eigenvalue weighted by molar-refractivity contribution is 9.10. The lowest BCUT2D eigenvalue weighted by atomic mass is 9.95. The zero-order chi connectivity index (χ0) is 11.5. The highest BCUT2D eigenvalue weighted by atomic mass is 79.9. The van der Waals surface area contributed by atoms with E-state index < -0.39 is 6.10 Å². The summed E-state index contributed by atoms with van der Waals surface area (Å²) in [7, 11) is 0. The smallest absolute Gasteiger partial charge is 0.104 e. The summed E-state index contributed by atoms with van der Waals surface area (Å²) in [6.45, 7) is 2.76. The summed E-state index contributed by atoms with van der Waals surface area (Å²) in [6, 6.07) is 5.89. The van der Waals surface area contributed by atoms with Crippen LogP contribution in [0.2, 0.25) is 0 Å². The van der Waals surface area contributed by atoms with Crippen molar-refractivity contribution in [2.45, 2.75) is 25.9 Å². The lowest BCUT2D eigenvalue weighted by Crippen LogP contribution is -2.09. The van der Waals surface area contributed by atoms with E-state index in [9.17, 15) is 5.11 Å². The van der Waals surface area contributed by atoms with Crippen molar-refractivity contribution in [2.75, 3.05) is 6.61 Å². The Labute approximate surface area is 104 Å². The van der Waals surface area contributed by atoms with Gasteiger partial charge in [-0.1, -0.05) is 28.1 Å². The van der Waals surface area contributed by atoms with Crippen LogP contribution in [0.1, 0.15) is 30.1 Å². The average Bonchev–Trinajstić information content (AvgIpc) is 2.33. The van der Waals surface area contributed by atoms with Gasteiger partial charge in [0.2, 0.25) is 0 Å². The topological polar surface area (TPSA) is 29.5 Å². The molecule has 0 saturated heterocycles. The Bertz CT molecular complexity index is 412. The highest BCUT2D eigenvalue weighted by Crippen LogP contribution is 2.31. The molecule has 1 heterocycles. The van der Waals surface area contributed by atoms with E-state index in [1.165, 1.54) is 0 Å². The van der Waals surface area contributed by atoms with Crippen molar-refractivity contribution in [3.63, 3.8) is 0 Å². The second kappa shape index (κ2) is 5.02. The van der Waals surface area contributed by atoms with Gasteiger partial charge in [0, 0.05) is 4.47 Å². The van der Waals surface area contributed by atoms with Gasteiger partial charge in [0.15, 0.2) is 0 Å². The number of halogens is 1. The van der Waals surface area contributed by atoms with E-state index in [1.807, 2.05) is 25.1 Å². The molecule has 1 atom stereocenters. The second-order valence-electron chi connectivity index (χ2n) is 4.02. The third kappa shape index (κ3) is 2.30. The fourth-order valence-electron chi connectivity index (χ4n) is 1.91. The van der Waals surface area contributed by atoms with E-state index in [1.54, 1.807) is 6.26 Å². The Morgan fingerprint density at radius 2 is 2.25 bits per heavy atom. The Hall–Kier alpha value is -0.800. The van der Waals surface area contributed by atoms with Crippen LogP contribution in [0.4, 0.5) is 0 Å². The van der Waals surface area contributed by atoms with Crippen LogP contribution in [-0.2, 0) is 4.74 Å². The minimum Gasteiger partial charge on any atom is -0.501 e. The summed E-state index contributed by atoms with van der Waals surface area (Å²) >= 11 is 3.48. The molecule has 16 heavy (non-hydrogen) atoms. The number of ether oxygens (including phenoxy) is 1. The van der Waals surface area contributed by atoms with Gasteiger partial charge in [-0.15, -0.1) is 0 Å². The standard InChI is InChI=1S/C13H15BrO2/c1-9-11(5-2-6-12(9)14)13(15)10-4-3-7-16-8-10/h2,5-6,8,13,15H,3-4,7H2,1H3. The quantitative estimate of drug-likeness (QED) is 0.900. The first-order valence-electron chi connectivity index (χ1n) is 5.44. The van der Waals surface area contributed by atoms with Gasteiger partial charge >= 0.3 is 0 Å². The third-order valence-electron chi connectivity index (χ3n) is 2.92. The molecule has 1 aromatic rings. The molecule has 0 fully saturated rings. The van der Waals surface area contributed by atoms with Crippen LogP contribution in [0, 0.1) is 6.92 Å². The summed E-state index contributed by atoms with van der Waals surface area (Å²) in [5.41, 5.74) is 3.00. The molecule has 1 aromatic carbocycles. The van der Waals surface area contributed by atoms with Crippen LogP contribution >= 0.6 is 15.9 Å². The summed E-state index contributed by atoms with van der Waals surface area (Å²) in [4.78, 5) is 0. The maximum atomic E-state index is 10.3. The first-order valence-corrected chi connectivity index (χ1v) is 6.23. The van der Waals surface area contributed by atoms with Gasteiger partial charge in [-0.2, -0.15) is 0 Å². The summed E-state index contributed by atoms with van der Waals surface area (Å²) in [5.74, 6) is 0. The fraction of sp³-hybridized carbons (Fsp3) is 0.385. The van der Waals surface area contributed by atoms with Crippen LogP contribution in [0.25, 0.3) is 0 Å². The second-order valence-corrected chi connectivity index (χ2v) is 4.88. The summed E-state index contributed by atoms with van der Waals surface area (Å²) < 4.78 is 6.29. The number of aliphatic hydroxyl groups excluding tert-OH is 1. The number of hydrogen-bond donors (Lipinski definition) is 1. The molecule has 0 aromatic heterocycles. The molecular weight excluding hydrogens is 268 g/mol. The fourth-order valence-corrected chi connectivity index (χ4v) is 2.29. The van der Waals surface area contributed by atoms with Gasteiger partial charge in [-0.05, 0) is 42.5 Å². The van der Waals surface area contributed by atoms with E-state index in [0.29, 0.717) is 0 Å². The molecule has 3 heteroatoms. The Morgan fingerprint density at radius 3 is 2.94 bits per heavy atom. The first-order chi connectivity index (χ1) is 7.70. The largest absolute Gasteiger partial charge is 0.501 e. The molecule has 0 saturated carbocycles. The molecular formula is C13H15BrO2. The van der Waals surface area contributed by atoms with Crippen molar-refractivity contribution in [1.29, 1.82) is 0 Å². The molecule has 1 N–H and O–H groups in total. The molecule has 1 aliphatic rings. The van der Waals surface area contributed by atoms with E-state index >= 15 is 0 Å². The Morgan fingerprint density at radius 1 is 1.44 bits per heavy atom. The van der Waals surface area contributed by atoms with Crippen molar-refractivity contribution < 1.29 is 9.84 Å². The summed E-state index contributed by atoms with van der Waals surface area (Å²) in [5, 5.41) is 10.3. The van der Waals surface area contributed by atoms with Crippen LogP contribution < -0.4 is 0 Å². The molecule has 86 valence electrons. The number of hydrogen-bond acceptors (Lipinski definition) is 2. The third-order valence-corrected chi connectivity index (χ3v) is 3.78. The van der Waals surface area contributed by atoms with E-state index in [-0.39, 0.29) is 0 Å². The minimum absolute atomic E-state index is 0.544. The predicted molar refractivity (Wildman–Crippen MR) is 67.1 cm³/mol. The van der Waals surface area contributed by atoms with Gasteiger partial charge in [0.25, 0.3) is 0 Å². The van der Waals surface area contributed by atoms with E-state index in [2.05, 4.69) is 15.9 Å². The Kier molecular flexibility index (Phi) is 3.66. The first kappa shape index (κ1) is 11.7. The van der Waals surface area contributed by atoms with Crippen LogP contribution in [0.5, 0.6) is 0 Å². The van der Waals surface area contributed by atoms with Gasteiger partial charge in [0.1, 0.15) is 6.10 Å². The van der Waals surface area contributed by atoms with Gasteiger partial charge in [-0.25, -0.2) is 0 Å². The maximum absolute atomic E-state index is 10.3. The van der Waals surface area contributed by atoms with Gasteiger partial charge in [0.05, 0.1) is 12.9 Å². The van der Waals surface area contributed by atoms with Crippen molar-refractivity contribution in [1.82, 2.24) is 0 Å². The molecule has 0 aliphatic carbocycles. The minimum atomic E-state index is -0.544. The SMILES string of the molecule is Cc1c(Br)cccc1C(O)C1=COCCC1. The van der Waals surface area contributed by atoms with Gasteiger partial charge < -0.3 is 9.84 Å². The van der Waals surface area contributed by atoms with Crippen LogP contribution in [-0.4, -0.2) is 11.7 Å². The predicted octanol–water partition coefficient (Wildman–Crippen LogP) is 3.49. The van der Waals surface area contributed by atoms with Crippen molar-refractivity contribution >= 4 is 15.9 Å². The van der Waals surface area contributed by atoms with E-state index in [0.717, 1.165) is 40.6 Å². The summed E-state index contributed by atoms with van der Waals surface area (Å²) in [6.07, 6.45) is 3.05. The zero-order valence-corrected chi connectivity index (χ0v) is 10.8. The molecule has 0 spiro atoms.